The largest absolute Gasteiger partial charge is 0.376 e. The van der Waals surface area contributed by atoms with Crippen molar-refractivity contribution in [1.29, 1.82) is 0 Å². The second-order valence-electron chi connectivity index (χ2n) is 7.25. The molecule has 3 aliphatic rings. The Balaban J connectivity index is 1.68. The van der Waals surface area contributed by atoms with Crippen LogP contribution in [0.5, 0.6) is 0 Å². The van der Waals surface area contributed by atoms with E-state index in [1.165, 1.54) is 4.90 Å². The summed E-state index contributed by atoms with van der Waals surface area (Å²) in [6.45, 7) is 5.11. The highest BCUT2D eigenvalue weighted by molar-refractivity contribution is 5.98. The number of allylic oxidation sites excluding steroid dienone is 2. The van der Waals surface area contributed by atoms with Crippen LogP contribution in [0.2, 0.25) is 0 Å². The quantitative estimate of drug-likeness (QED) is 0.788. The van der Waals surface area contributed by atoms with E-state index in [4.69, 9.17) is 9.47 Å². The van der Waals surface area contributed by atoms with E-state index in [2.05, 4.69) is 17.5 Å². The van der Waals surface area contributed by atoms with Crippen LogP contribution in [0.1, 0.15) is 39.5 Å². The molecule has 6 nitrogen and oxygen atoms in total. The number of hydrogen-bond donors (Lipinski definition) is 1. The summed E-state index contributed by atoms with van der Waals surface area (Å²) in [4.78, 5) is 26.5. The molecule has 0 bridgehead atoms. The highest BCUT2D eigenvalue weighted by Crippen LogP contribution is 2.27. The average Bonchev–Trinajstić information content (AvgIpc) is 2.45. The minimum absolute atomic E-state index is 0.0452. The van der Waals surface area contributed by atoms with Gasteiger partial charge in [-0.15, -0.1) is 0 Å². The van der Waals surface area contributed by atoms with Gasteiger partial charge in [-0.1, -0.05) is 12.2 Å². The Morgan fingerprint density at radius 1 is 1.26 bits per heavy atom. The molecule has 1 N–H and O–H groups in total. The Hall–Kier alpha value is -1.40. The molecule has 2 saturated heterocycles. The Morgan fingerprint density at radius 3 is 2.74 bits per heavy atom. The number of imide groups is 1. The highest BCUT2D eigenvalue weighted by Gasteiger charge is 2.42. The molecule has 128 valence electrons. The zero-order valence-corrected chi connectivity index (χ0v) is 13.9. The molecule has 0 aromatic rings. The molecule has 1 unspecified atom stereocenters. The second kappa shape index (κ2) is 6.61. The molecule has 3 atom stereocenters. The standard InChI is InChI=1S/C17H26N2O4/c1-17(2)11-22-10-12(23-17)9-19-15(20)13-7-5-3-4-6-8-14(13)18-16(19)21/h3-4,12-14H,5-11H2,1-2H3,(H,18,21)/b4-3-/t12?,13-,14+/m0/s1. The molecule has 23 heavy (non-hydrogen) atoms. The number of fused-ring (bicyclic) bond motifs is 1. The van der Waals surface area contributed by atoms with Crippen LogP contribution >= 0.6 is 0 Å². The fourth-order valence-electron chi connectivity index (χ4n) is 3.62. The van der Waals surface area contributed by atoms with Gasteiger partial charge >= 0.3 is 6.03 Å². The molecule has 0 aromatic heterocycles. The van der Waals surface area contributed by atoms with E-state index in [-0.39, 0.29) is 42.1 Å². The monoisotopic (exact) mass is 322 g/mol. The van der Waals surface area contributed by atoms with Crippen molar-refractivity contribution in [2.24, 2.45) is 5.92 Å². The van der Waals surface area contributed by atoms with Gasteiger partial charge in [-0.2, -0.15) is 0 Å². The zero-order valence-electron chi connectivity index (χ0n) is 13.9. The topological polar surface area (TPSA) is 67.9 Å². The Labute approximate surface area is 137 Å². The first-order valence-electron chi connectivity index (χ1n) is 8.49. The molecular formula is C17H26N2O4. The summed E-state index contributed by atoms with van der Waals surface area (Å²) in [5.41, 5.74) is -0.383. The fraction of sp³-hybridized carbons (Fsp3) is 0.765. The lowest BCUT2D eigenvalue weighted by atomic mass is 9.86. The highest BCUT2D eigenvalue weighted by atomic mass is 16.6. The maximum atomic E-state index is 12.8. The van der Waals surface area contributed by atoms with Gasteiger partial charge in [0.25, 0.3) is 0 Å². The zero-order chi connectivity index (χ0) is 16.4. The minimum Gasteiger partial charge on any atom is -0.376 e. The van der Waals surface area contributed by atoms with Crippen LogP contribution in [0.15, 0.2) is 12.2 Å². The van der Waals surface area contributed by atoms with Gasteiger partial charge < -0.3 is 14.8 Å². The Morgan fingerprint density at radius 2 is 2.00 bits per heavy atom. The van der Waals surface area contributed by atoms with E-state index in [1.807, 2.05) is 13.8 Å². The van der Waals surface area contributed by atoms with Crippen molar-refractivity contribution in [2.75, 3.05) is 19.8 Å². The number of carbonyl (C=O) groups excluding carboxylic acids is 2. The van der Waals surface area contributed by atoms with E-state index < -0.39 is 0 Å². The number of carbonyl (C=O) groups is 2. The molecule has 0 aromatic carbocycles. The third kappa shape index (κ3) is 3.75. The molecule has 0 radical (unpaired) electrons. The van der Waals surface area contributed by atoms with E-state index in [0.717, 1.165) is 25.7 Å². The maximum absolute atomic E-state index is 12.8. The molecular weight excluding hydrogens is 296 g/mol. The Bertz CT molecular complexity index is 503. The molecule has 2 fully saturated rings. The van der Waals surface area contributed by atoms with Gasteiger partial charge in [-0.05, 0) is 39.5 Å². The van der Waals surface area contributed by atoms with Crippen molar-refractivity contribution in [1.82, 2.24) is 10.2 Å². The van der Waals surface area contributed by atoms with E-state index in [9.17, 15) is 9.59 Å². The van der Waals surface area contributed by atoms with Crippen LogP contribution < -0.4 is 5.32 Å². The lowest BCUT2D eigenvalue weighted by molar-refractivity contribution is -0.187. The predicted octanol–water partition coefficient (Wildman–Crippen LogP) is 1.85. The lowest BCUT2D eigenvalue weighted by Gasteiger charge is -2.41. The van der Waals surface area contributed by atoms with E-state index in [1.54, 1.807) is 0 Å². The van der Waals surface area contributed by atoms with Crippen LogP contribution in [-0.2, 0) is 14.3 Å². The van der Waals surface area contributed by atoms with Crippen LogP contribution in [0.25, 0.3) is 0 Å². The summed E-state index contributed by atoms with van der Waals surface area (Å²) in [5.74, 6) is -0.198. The van der Waals surface area contributed by atoms with Crippen molar-refractivity contribution >= 4 is 11.9 Å². The molecule has 3 amide bonds. The normalized spacial score (nSPS) is 35.7. The predicted molar refractivity (Wildman–Crippen MR) is 84.9 cm³/mol. The van der Waals surface area contributed by atoms with Gasteiger partial charge in [-0.25, -0.2) is 4.79 Å². The molecule has 6 heteroatoms. The minimum atomic E-state index is -0.383. The number of nitrogens with one attached hydrogen (secondary N) is 1. The summed E-state index contributed by atoms with van der Waals surface area (Å²) in [7, 11) is 0. The molecule has 3 rings (SSSR count). The van der Waals surface area contributed by atoms with Crippen molar-refractivity contribution < 1.29 is 19.1 Å². The number of urea groups is 1. The van der Waals surface area contributed by atoms with Gasteiger partial charge in [0.2, 0.25) is 5.91 Å². The van der Waals surface area contributed by atoms with Gasteiger partial charge in [0, 0.05) is 6.04 Å². The third-order valence-electron chi connectivity index (χ3n) is 4.70. The van der Waals surface area contributed by atoms with Crippen molar-refractivity contribution in [2.45, 2.75) is 57.3 Å². The van der Waals surface area contributed by atoms with Crippen molar-refractivity contribution in [3.63, 3.8) is 0 Å². The SMILES string of the molecule is CC1(C)COCC(CN2C(=O)N[C@@H]3CC/C=C\CC[C@@H]3C2=O)O1. The van der Waals surface area contributed by atoms with Crippen molar-refractivity contribution in [3.8, 4) is 0 Å². The molecule has 2 heterocycles. The molecule has 2 aliphatic heterocycles. The first-order valence-corrected chi connectivity index (χ1v) is 8.49. The Kier molecular flexibility index (Phi) is 4.73. The maximum Gasteiger partial charge on any atom is 0.324 e. The van der Waals surface area contributed by atoms with E-state index >= 15 is 0 Å². The number of ether oxygens (including phenoxy) is 2. The van der Waals surface area contributed by atoms with Gasteiger partial charge in [0.15, 0.2) is 0 Å². The van der Waals surface area contributed by atoms with Gasteiger partial charge in [-0.3, -0.25) is 9.69 Å². The molecule has 0 saturated carbocycles. The summed E-state index contributed by atoms with van der Waals surface area (Å²) < 4.78 is 11.5. The van der Waals surface area contributed by atoms with Crippen LogP contribution in [0.4, 0.5) is 4.79 Å². The first-order chi connectivity index (χ1) is 11.0. The van der Waals surface area contributed by atoms with Gasteiger partial charge in [0.05, 0.1) is 37.4 Å². The van der Waals surface area contributed by atoms with Crippen molar-refractivity contribution in [3.05, 3.63) is 12.2 Å². The third-order valence-corrected chi connectivity index (χ3v) is 4.70. The number of nitrogens with zero attached hydrogens (tertiary/aromatic N) is 1. The molecule has 0 spiro atoms. The summed E-state index contributed by atoms with van der Waals surface area (Å²) in [6.07, 6.45) is 7.39. The summed E-state index contributed by atoms with van der Waals surface area (Å²) in [5, 5.41) is 3.01. The first kappa shape index (κ1) is 16.5. The average molecular weight is 322 g/mol. The summed E-state index contributed by atoms with van der Waals surface area (Å²) in [6, 6.07) is -0.344. The number of rotatable bonds is 2. The smallest absolute Gasteiger partial charge is 0.324 e. The number of amides is 3. The summed E-state index contributed by atoms with van der Waals surface area (Å²) >= 11 is 0. The molecule has 1 aliphatic carbocycles. The van der Waals surface area contributed by atoms with Crippen LogP contribution in [0.3, 0.4) is 0 Å². The lowest BCUT2D eigenvalue weighted by Crippen LogP contribution is -2.62. The van der Waals surface area contributed by atoms with Crippen LogP contribution in [0, 0.1) is 5.92 Å². The van der Waals surface area contributed by atoms with Crippen LogP contribution in [-0.4, -0.2) is 54.3 Å². The fourth-order valence-corrected chi connectivity index (χ4v) is 3.62. The number of hydrogen-bond acceptors (Lipinski definition) is 4. The van der Waals surface area contributed by atoms with E-state index in [0.29, 0.717) is 13.2 Å². The second-order valence-corrected chi connectivity index (χ2v) is 7.25. The van der Waals surface area contributed by atoms with Gasteiger partial charge in [0.1, 0.15) is 0 Å².